The van der Waals surface area contributed by atoms with Gasteiger partial charge in [-0.2, -0.15) is 0 Å². The molecule has 2 aromatic carbocycles. The van der Waals surface area contributed by atoms with E-state index < -0.39 is 17.6 Å². The summed E-state index contributed by atoms with van der Waals surface area (Å²) in [5.74, 6) is -2.35. The van der Waals surface area contributed by atoms with Gasteiger partial charge in [0.15, 0.2) is 0 Å². The second kappa shape index (κ2) is 4.56. The minimum Gasteiger partial charge on any atom is -0.478 e. The fourth-order valence-electron chi connectivity index (χ4n) is 1.81. The molecule has 0 saturated carbocycles. The van der Waals surface area contributed by atoms with Crippen LogP contribution in [-0.4, -0.2) is 11.1 Å². The SMILES string of the molecule is Cc1cc(C(=O)O)ccc1-c1ccc(F)cc1F. The fraction of sp³-hybridized carbons (Fsp3) is 0.0714. The van der Waals surface area contributed by atoms with E-state index in [9.17, 15) is 13.6 Å². The highest BCUT2D eigenvalue weighted by Crippen LogP contribution is 2.27. The number of carboxylic acids is 1. The Hall–Kier alpha value is -2.23. The van der Waals surface area contributed by atoms with E-state index in [1.165, 1.54) is 30.3 Å². The topological polar surface area (TPSA) is 37.3 Å². The van der Waals surface area contributed by atoms with E-state index >= 15 is 0 Å². The molecule has 0 atom stereocenters. The van der Waals surface area contributed by atoms with Crippen molar-refractivity contribution in [1.82, 2.24) is 0 Å². The maximum absolute atomic E-state index is 13.6. The molecule has 18 heavy (non-hydrogen) atoms. The van der Waals surface area contributed by atoms with Crippen LogP contribution >= 0.6 is 0 Å². The Labute approximate surface area is 103 Å². The summed E-state index contributed by atoms with van der Waals surface area (Å²) in [6.45, 7) is 1.69. The van der Waals surface area contributed by atoms with Crippen LogP contribution in [0.25, 0.3) is 11.1 Å². The van der Waals surface area contributed by atoms with Gasteiger partial charge in [-0.3, -0.25) is 0 Å². The zero-order valence-corrected chi connectivity index (χ0v) is 9.58. The summed E-state index contributed by atoms with van der Waals surface area (Å²) in [6, 6.07) is 7.69. The van der Waals surface area contributed by atoms with Crippen molar-refractivity contribution in [2.75, 3.05) is 0 Å². The molecule has 0 unspecified atom stereocenters. The van der Waals surface area contributed by atoms with Crippen molar-refractivity contribution in [2.24, 2.45) is 0 Å². The Kier molecular flexibility index (Phi) is 3.10. The summed E-state index contributed by atoms with van der Waals surface area (Å²) < 4.78 is 26.4. The number of carboxylic acid groups (broad SMARTS) is 1. The van der Waals surface area contributed by atoms with Gasteiger partial charge in [0.05, 0.1) is 5.56 Å². The highest BCUT2D eigenvalue weighted by Gasteiger charge is 2.11. The van der Waals surface area contributed by atoms with Gasteiger partial charge in [0, 0.05) is 11.6 Å². The van der Waals surface area contributed by atoms with E-state index in [2.05, 4.69) is 0 Å². The number of carbonyl (C=O) groups is 1. The van der Waals surface area contributed by atoms with Gasteiger partial charge >= 0.3 is 5.97 Å². The third-order valence-corrected chi connectivity index (χ3v) is 2.69. The van der Waals surface area contributed by atoms with Gasteiger partial charge in [-0.05, 0) is 42.3 Å². The van der Waals surface area contributed by atoms with Gasteiger partial charge in [-0.15, -0.1) is 0 Å². The zero-order valence-electron chi connectivity index (χ0n) is 9.58. The number of rotatable bonds is 2. The van der Waals surface area contributed by atoms with Crippen LogP contribution in [0.1, 0.15) is 15.9 Å². The molecule has 0 radical (unpaired) electrons. The predicted molar refractivity (Wildman–Crippen MR) is 63.5 cm³/mol. The number of aromatic carboxylic acids is 1. The molecule has 1 N–H and O–H groups in total. The first-order valence-corrected chi connectivity index (χ1v) is 5.28. The molecule has 2 nitrogen and oxygen atoms in total. The van der Waals surface area contributed by atoms with E-state index in [0.29, 0.717) is 11.1 Å². The quantitative estimate of drug-likeness (QED) is 0.880. The highest BCUT2D eigenvalue weighted by molar-refractivity contribution is 5.89. The van der Waals surface area contributed by atoms with Crippen LogP contribution in [0.3, 0.4) is 0 Å². The van der Waals surface area contributed by atoms with Crippen LogP contribution in [-0.2, 0) is 0 Å². The van der Waals surface area contributed by atoms with E-state index in [4.69, 9.17) is 5.11 Å². The van der Waals surface area contributed by atoms with Crippen molar-refractivity contribution in [3.8, 4) is 11.1 Å². The Morgan fingerprint density at radius 1 is 1.06 bits per heavy atom. The van der Waals surface area contributed by atoms with Crippen LogP contribution < -0.4 is 0 Å². The lowest BCUT2D eigenvalue weighted by Crippen LogP contribution is -1.98. The number of aryl methyl sites for hydroxylation is 1. The number of hydrogen-bond acceptors (Lipinski definition) is 1. The monoisotopic (exact) mass is 248 g/mol. The molecular weight excluding hydrogens is 238 g/mol. The maximum atomic E-state index is 13.6. The molecule has 0 aliphatic rings. The van der Waals surface area contributed by atoms with Crippen molar-refractivity contribution < 1.29 is 18.7 Å². The second-order valence-corrected chi connectivity index (χ2v) is 3.96. The van der Waals surface area contributed by atoms with Gasteiger partial charge in [0.25, 0.3) is 0 Å². The molecule has 0 bridgehead atoms. The Balaban J connectivity index is 2.54. The highest BCUT2D eigenvalue weighted by atomic mass is 19.1. The smallest absolute Gasteiger partial charge is 0.335 e. The van der Waals surface area contributed by atoms with Crippen molar-refractivity contribution in [2.45, 2.75) is 6.92 Å². The number of hydrogen-bond donors (Lipinski definition) is 1. The number of halogens is 2. The molecule has 2 rings (SSSR count). The van der Waals surface area contributed by atoms with E-state index in [1.807, 2.05) is 0 Å². The minimum atomic E-state index is -1.04. The predicted octanol–water partition coefficient (Wildman–Crippen LogP) is 3.64. The van der Waals surface area contributed by atoms with Crippen LogP contribution in [0.5, 0.6) is 0 Å². The first-order valence-electron chi connectivity index (χ1n) is 5.28. The largest absolute Gasteiger partial charge is 0.478 e. The molecule has 92 valence electrons. The lowest BCUT2D eigenvalue weighted by molar-refractivity contribution is 0.0697. The third kappa shape index (κ3) is 2.22. The fourth-order valence-corrected chi connectivity index (χ4v) is 1.81. The zero-order chi connectivity index (χ0) is 13.3. The summed E-state index contributed by atoms with van der Waals surface area (Å²) in [5, 5.41) is 8.84. The Morgan fingerprint density at radius 3 is 2.28 bits per heavy atom. The average molecular weight is 248 g/mol. The van der Waals surface area contributed by atoms with Crippen LogP contribution in [0.15, 0.2) is 36.4 Å². The van der Waals surface area contributed by atoms with Crippen LogP contribution in [0, 0.1) is 18.6 Å². The molecule has 4 heteroatoms. The maximum Gasteiger partial charge on any atom is 0.335 e. The summed E-state index contributed by atoms with van der Waals surface area (Å²) in [7, 11) is 0. The molecule has 0 fully saturated rings. The van der Waals surface area contributed by atoms with E-state index in [0.717, 1.165) is 6.07 Å². The lowest BCUT2D eigenvalue weighted by atomic mass is 9.98. The van der Waals surface area contributed by atoms with Gasteiger partial charge in [-0.1, -0.05) is 6.07 Å². The second-order valence-electron chi connectivity index (χ2n) is 3.96. The molecule has 0 aliphatic carbocycles. The van der Waals surface area contributed by atoms with Gasteiger partial charge in [0.2, 0.25) is 0 Å². The minimum absolute atomic E-state index is 0.138. The standard InChI is InChI=1S/C14H10F2O2/c1-8-6-9(14(17)18)2-4-11(8)12-5-3-10(15)7-13(12)16/h2-7H,1H3,(H,17,18). The van der Waals surface area contributed by atoms with Gasteiger partial charge < -0.3 is 5.11 Å². The Morgan fingerprint density at radius 2 is 1.72 bits per heavy atom. The summed E-state index contributed by atoms with van der Waals surface area (Å²) >= 11 is 0. The van der Waals surface area contributed by atoms with E-state index in [-0.39, 0.29) is 11.1 Å². The molecule has 0 aliphatic heterocycles. The normalized spacial score (nSPS) is 10.4. The summed E-state index contributed by atoms with van der Waals surface area (Å²) in [6.07, 6.45) is 0. The van der Waals surface area contributed by atoms with Crippen molar-refractivity contribution in [1.29, 1.82) is 0 Å². The molecule has 2 aromatic rings. The molecule has 0 saturated heterocycles. The number of benzene rings is 2. The van der Waals surface area contributed by atoms with Crippen LogP contribution in [0.2, 0.25) is 0 Å². The molecule has 0 amide bonds. The summed E-state index contributed by atoms with van der Waals surface area (Å²) in [4.78, 5) is 10.8. The van der Waals surface area contributed by atoms with Crippen molar-refractivity contribution in [3.05, 3.63) is 59.2 Å². The van der Waals surface area contributed by atoms with Gasteiger partial charge in [0.1, 0.15) is 11.6 Å². The molecule has 0 aromatic heterocycles. The third-order valence-electron chi connectivity index (χ3n) is 2.69. The van der Waals surface area contributed by atoms with Crippen molar-refractivity contribution >= 4 is 5.97 Å². The molecular formula is C14H10F2O2. The first-order chi connectivity index (χ1) is 8.49. The average Bonchev–Trinajstić information content (AvgIpc) is 2.30. The molecule has 0 heterocycles. The lowest BCUT2D eigenvalue weighted by Gasteiger charge is -2.08. The summed E-state index contributed by atoms with van der Waals surface area (Å²) in [5.41, 5.74) is 1.57. The van der Waals surface area contributed by atoms with Crippen molar-refractivity contribution in [3.63, 3.8) is 0 Å². The Bertz CT molecular complexity index is 621. The van der Waals surface area contributed by atoms with E-state index in [1.54, 1.807) is 6.92 Å². The van der Waals surface area contributed by atoms with Crippen LogP contribution in [0.4, 0.5) is 8.78 Å². The molecule has 0 spiro atoms. The van der Waals surface area contributed by atoms with Gasteiger partial charge in [-0.25, -0.2) is 13.6 Å². The first kappa shape index (κ1) is 12.2.